The van der Waals surface area contributed by atoms with Crippen LogP contribution < -0.4 is 0 Å². The topological polar surface area (TPSA) is 72.6 Å². The van der Waals surface area contributed by atoms with Gasteiger partial charge in [-0.05, 0) is 82.5 Å². The van der Waals surface area contributed by atoms with Crippen LogP contribution in [-0.4, -0.2) is 28.4 Å². The third-order valence-electron chi connectivity index (χ3n) is 6.63. The highest BCUT2D eigenvalue weighted by molar-refractivity contribution is 5.71. The zero-order valence-electron chi connectivity index (χ0n) is 20.7. The predicted molar refractivity (Wildman–Crippen MR) is 122 cm³/mol. The quantitative estimate of drug-likeness (QED) is 0.437. The number of hydrogen-bond donors (Lipinski definition) is 1. The van der Waals surface area contributed by atoms with Crippen LogP contribution in [0.25, 0.3) is 0 Å². The summed E-state index contributed by atoms with van der Waals surface area (Å²) in [7, 11) is 0. The van der Waals surface area contributed by atoms with Crippen LogP contribution in [0.5, 0.6) is 0 Å². The van der Waals surface area contributed by atoms with E-state index in [0.717, 1.165) is 23.3 Å². The second-order valence-electron chi connectivity index (χ2n) is 12.3. The summed E-state index contributed by atoms with van der Waals surface area (Å²) in [4.78, 5) is 12.7. The summed E-state index contributed by atoms with van der Waals surface area (Å²) in [5, 5.41) is 14.5. The van der Waals surface area contributed by atoms with Crippen molar-refractivity contribution in [2.24, 2.45) is 17.3 Å². The zero-order chi connectivity index (χ0) is 23.0. The molecule has 176 valence electrons. The molecule has 31 heavy (non-hydrogen) atoms. The summed E-state index contributed by atoms with van der Waals surface area (Å²) < 4.78 is 11.6. The Bertz CT molecular complexity index is 748. The van der Waals surface area contributed by atoms with Crippen molar-refractivity contribution < 1.29 is 19.2 Å². The van der Waals surface area contributed by atoms with E-state index in [4.69, 9.17) is 9.26 Å². The van der Waals surface area contributed by atoms with Gasteiger partial charge in [0, 0.05) is 24.0 Å². The van der Waals surface area contributed by atoms with Gasteiger partial charge < -0.3 is 14.4 Å². The van der Waals surface area contributed by atoms with Crippen molar-refractivity contribution in [1.29, 1.82) is 0 Å². The van der Waals surface area contributed by atoms with Crippen molar-refractivity contribution in [3.05, 3.63) is 17.0 Å². The van der Waals surface area contributed by atoms with Gasteiger partial charge in [0.25, 0.3) is 0 Å². The molecule has 1 atom stereocenters. The van der Waals surface area contributed by atoms with E-state index in [1.165, 1.54) is 37.7 Å². The minimum Gasteiger partial charge on any atom is -0.460 e. The number of nitrogens with zero attached hydrogens (tertiary/aromatic N) is 1. The summed E-state index contributed by atoms with van der Waals surface area (Å²) in [5.74, 6) is 3.27. The van der Waals surface area contributed by atoms with Gasteiger partial charge in [-0.2, -0.15) is 0 Å². The van der Waals surface area contributed by atoms with Crippen LogP contribution in [0.3, 0.4) is 0 Å². The van der Waals surface area contributed by atoms with Gasteiger partial charge in [0.05, 0.1) is 12.1 Å². The molecule has 5 nitrogen and oxygen atoms in total. The molecule has 2 saturated carbocycles. The van der Waals surface area contributed by atoms with Crippen LogP contribution in [0.15, 0.2) is 4.52 Å². The molecule has 3 rings (SSSR count). The molecule has 0 spiro atoms. The molecule has 2 aliphatic carbocycles. The third kappa shape index (κ3) is 6.57. The average molecular weight is 434 g/mol. The van der Waals surface area contributed by atoms with E-state index in [9.17, 15) is 9.90 Å². The van der Waals surface area contributed by atoms with E-state index >= 15 is 0 Å². The number of aliphatic hydroxyl groups excluding tert-OH is 1. The van der Waals surface area contributed by atoms with Crippen molar-refractivity contribution in [1.82, 2.24) is 5.16 Å². The molecule has 0 radical (unpaired) electrons. The van der Waals surface area contributed by atoms with Gasteiger partial charge in [0.2, 0.25) is 0 Å². The van der Waals surface area contributed by atoms with Crippen molar-refractivity contribution in [2.45, 2.75) is 117 Å². The van der Waals surface area contributed by atoms with Gasteiger partial charge in [-0.3, -0.25) is 4.79 Å². The number of esters is 1. The van der Waals surface area contributed by atoms with Gasteiger partial charge in [-0.1, -0.05) is 32.9 Å². The molecule has 2 fully saturated rings. The second kappa shape index (κ2) is 9.25. The number of carbonyl (C=O) groups is 1. The summed E-state index contributed by atoms with van der Waals surface area (Å²) in [6.07, 6.45) is 6.94. The Morgan fingerprint density at radius 2 is 1.81 bits per heavy atom. The molecule has 0 aromatic carbocycles. The van der Waals surface area contributed by atoms with Crippen LogP contribution in [0.1, 0.15) is 128 Å². The Labute approximate surface area is 188 Å². The second-order valence-corrected chi connectivity index (χ2v) is 12.3. The lowest BCUT2D eigenvalue weighted by Gasteiger charge is -2.35. The van der Waals surface area contributed by atoms with E-state index in [-0.39, 0.29) is 30.3 Å². The Hall–Kier alpha value is -1.36. The van der Waals surface area contributed by atoms with Crippen molar-refractivity contribution >= 4 is 5.97 Å². The molecule has 1 aromatic rings. The number of ether oxygens (including phenoxy) is 1. The maximum atomic E-state index is 12.7. The van der Waals surface area contributed by atoms with Gasteiger partial charge in [-0.25, -0.2) is 0 Å². The lowest BCUT2D eigenvalue weighted by atomic mass is 9.69. The van der Waals surface area contributed by atoms with Crippen molar-refractivity contribution in [2.75, 3.05) is 6.61 Å². The molecule has 0 amide bonds. The average Bonchev–Trinajstić information content (AvgIpc) is 3.34. The number of rotatable bonds is 10. The molecule has 1 heterocycles. The Kier molecular flexibility index (Phi) is 7.25. The fourth-order valence-electron chi connectivity index (χ4n) is 5.08. The van der Waals surface area contributed by atoms with E-state index < -0.39 is 5.60 Å². The molecular formula is C26H43NO4. The number of aromatic nitrogens is 1. The number of hydrogen-bond acceptors (Lipinski definition) is 5. The highest BCUT2D eigenvalue weighted by Crippen LogP contribution is 2.53. The third-order valence-corrected chi connectivity index (χ3v) is 6.63. The number of carbonyl (C=O) groups excluding carboxylic acids is 1. The first-order chi connectivity index (χ1) is 14.4. The standard InChI is InChI=1S/C26H43NO4/c1-16(2)10-17-11-19(12-17)24-22(18-8-9-18)23(27-31-24)20(14-26(6,7)15-28)13-21(29)30-25(3,4)5/h16-20,28H,8-15H2,1-7H3. The monoisotopic (exact) mass is 433 g/mol. The largest absolute Gasteiger partial charge is 0.460 e. The maximum absolute atomic E-state index is 12.7. The highest BCUT2D eigenvalue weighted by Gasteiger charge is 2.42. The van der Waals surface area contributed by atoms with Gasteiger partial charge >= 0.3 is 5.97 Å². The molecule has 0 saturated heterocycles. The molecule has 1 aromatic heterocycles. The fourth-order valence-corrected chi connectivity index (χ4v) is 5.08. The minimum atomic E-state index is -0.514. The summed E-state index contributed by atoms with van der Waals surface area (Å²) in [6.45, 7) is 14.4. The van der Waals surface area contributed by atoms with Crippen LogP contribution in [0.4, 0.5) is 0 Å². The first-order valence-electron chi connectivity index (χ1n) is 12.2. The first kappa shape index (κ1) is 24.3. The van der Waals surface area contributed by atoms with Gasteiger partial charge in [-0.15, -0.1) is 0 Å². The predicted octanol–water partition coefficient (Wildman–Crippen LogP) is 6.32. The van der Waals surface area contributed by atoms with E-state index in [1.54, 1.807) is 0 Å². The lowest BCUT2D eigenvalue weighted by molar-refractivity contribution is -0.155. The molecule has 0 bridgehead atoms. The molecule has 0 aliphatic heterocycles. The lowest BCUT2D eigenvalue weighted by Crippen LogP contribution is -2.27. The highest BCUT2D eigenvalue weighted by atomic mass is 16.6. The Morgan fingerprint density at radius 3 is 2.32 bits per heavy atom. The van der Waals surface area contributed by atoms with Gasteiger partial charge in [0.1, 0.15) is 11.4 Å². The van der Waals surface area contributed by atoms with Gasteiger partial charge in [0.15, 0.2) is 0 Å². The maximum Gasteiger partial charge on any atom is 0.306 e. The van der Waals surface area contributed by atoms with Crippen LogP contribution in [0.2, 0.25) is 0 Å². The minimum absolute atomic E-state index is 0.0702. The van der Waals surface area contributed by atoms with Crippen LogP contribution in [-0.2, 0) is 9.53 Å². The summed E-state index contributed by atoms with van der Waals surface area (Å²) in [5.41, 5.74) is 1.40. The Morgan fingerprint density at radius 1 is 1.16 bits per heavy atom. The van der Waals surface area contributed by atoms with Crippen LogP contribution >= 0.6 is 0 Å². The van der Waals surface area contributed by atoms with E-state index in [2.05, 4.69) is 19.0 Å². The molecular weight excluding hydrogens is 390 g/mol. The fraction of sp³-hybridized carbons (Fsp3) is 0.846. The molecule has 1 unspecified atom stereocenters. The normalized spacial score (nSPS) is 23.0. The van der Waals surface area contributed by atoms with E-state index in [0.29, 0.717) is 18.3 Å². The summed E-state index contributed by atoms with van der Waals surface area (Å²) >= 11 is 0. The molecule has 5 heteroatoms. The summed E-state index contributed by atoms with van der Waals surface area (Å²) in [6, 6.07) is 0. The SMILES string of the molecule is CC(C)CC1CC(c2onc(C(CC(=O)OC(C)(C)C)CC(C)(C)CO)c2C2CC2)C1. The zero-order valence-corrected chi connectivity index (χ0v) is 20.7. The van der Waals surface area contributed by atoms with Crippen molar-refractivity contribution in [3.63, 3.8) is 0 Å². The molecule has 2 aliphatic rings. The Balaban J connectivity index is 1.83. The first-order valence-corrected chi connectivity index (χ1v) is 12.2. The van der Waals surface area contributed by atoms with Crippen LogP contribution in [0, 0.1) is 17.3 Å². The molecule has 1 N–H and O–H groups in total. The van der Waals surface area contributed by atoms with Crippen molar-refractivity contribution in [3.8, 4) is 0 Å². The smallest absolute Gasteiger partial charge is 0.306 e. The van der Waals surface area contributed by atoms with E-state index in [1.807, 2.05) is 34.6 Å². The number of aliphatic hydroxyl groups is 1.